The second kappa shape index (κ2) is 6.45. The van der Waals surface area contributed by atoms with E-state index in [0.717, 1.165) is 33.6 Å². The largest absolute Gasteiger partial charge is 0.391 e. The molecular formula is C16H23N5O4S. The minimum absolute atomic E-state index is 0.108. The fourth-order valence-electron chi connectivity index (χ4n) is 3.73. The maximum absolute atomic E-state index is 11.4. The molecule has 0 amide bonds. The van der Waals surface area contributed by atoms with E-state index in [9.17, 15) is 18.1 Å². The quantitative estimate of drug-likeness (QED) is 0.640. The average molecular weight is 381 g/mol. The Morgan fingerprint density at radius 2 is 2.12 bits per heavy atom. The molecule has 0 aromatic carbocycles. The Labute approximate surface area is 151 Å². The maximum atomic E-state index is 11.4. The molecule has 0 spiro atoms. The van der Waals surface area contributed by atoms with Crippen molar-refractivity contribution in [1.29, 1.82) is 0 Å². The molecule has 2 aromatic rings. The molecule has 2 aliphatic rings. The fourth-order valence-corrected chi connectivity index (χ4v) is 4.30. The normalized spacial score (nSPS) is 26.7. The highest BCUT2D eigenvalue weighted by molar-refractivity contribution is 7.83. The molecule has 9 nitrogen and oxygen atoms in total. The number of anilines is 1. The van der Waals surface area contributed by atoms with E-state index in [0.29, 0.717) is 12.8 Å². The number of nitrogens with zero attached hydrogens (tertiary/aromatic N) is 4. The Balaban J connectivity index is 1.58. The molecule has 0 radical (unpaired) electrons. The van der Waals surface area contributed by atoms with E-state index in [-0.39, 0.29) is 6.04 Å². The second-order valence-corrected chi connectivity index (χ2v) is 8.73. The van der Waals surface area contributed by atoms with Gasteiger partial charge in [-0.05, 0) is 37.7 Å². The van der Waals surface area contributed by atoms with E-state index < -0.39 is 22.4 Å². The third-order valence-electron chi connectivity index (χ3n) is 5.46. The molecule has 2 aromatic heterocycles. The predicted octanol–water partition coefficient (Wildman–Crippen LogP) is 1.05. The van der Waals surface area contributed by atoms with Crippen LogP contribution in [0.2, 0.25) is 0 Å². The predicted molar refractivity (Wildman–Crippen MR) is 96.1 cm³/mol. The molecule has 142 valence electrons. The number of hydrogen-bond acceptors (Lipinski definition) is 6. The summed E-state index contributed by atoms with van der Waals surface area (Å²) < 4.78 is 34.8. The lowest BCUT2D eigenvalue weighted by Crippen LogP contribution is -2.41. The molecule has 10 heteroatoms. The first-order valence-corrected chi connectivity index (χ1v) is 10.2. The zero-order valence-electron chi connectivity index (χ0n) is 14.5. The van der Waals surface area contributed by atoms with E-state index in [1.165, 1.54) is 26.2 Å². The topological polar surface area (TPSA) is 121 Å². The van der Waals surface area contributed by atoms with Crippen LogP contribution in [-0.4, -0.2) is 62.7 Å². The second-order valence-electron chi connectivity index (χ2n) is 7.26. The minimum Gasteiger partial charge on any atom is -0.391 e. The molecular weight excluding hydrogens is 358 g/mol. The van der Waals surface area contributed by atoms with E-state index in [1.54, 1.807) is 0 Å². The highest BCUT2D eigenvalue weighted by Gasteiger charge is 2.40. The summed E-state index contributed by atoms with van der Waals surface area (Å²) in [6.45, 7) is 0.903. The molecule has 3 N–H and O–H groups in total. The molecule has 2 aliphatic carbocycles. The van der Waals surface area contributed by atoms with Crippen LogP contribution in [0.15, 0.2) is 18.6 Å². The van der Waals surface area contributed by atoms with Gasteiger partial charge in [-0.1, -0.05) is 0 Å². The van der Waals surface area contributed by atoms with Gasteiger partial charge in [0.25, 0.3) is 0 Å². The number of hydrogen-bond donors (Lipinski definition) is 3. The molecule has 0 saturated heterocycles. The Morgan fingerprint density at radius 3 is 2.81 bits per heavy atom. The summed E-state index contributed by atoms with van der Waals surface area (Å²) in [5.41, 5.74) is 0.755. The lowest BCUT2D eigenvalue weighted by Gasteiger charge is -2.23. The molecule has 2 saturated carbocycles. The zero-order chi connectivity index (χ0) is 18.5. The first kappa shape index (κ1) is 17.7. The smallest absolute Gasteiger partial charge is 0.335 e. The van der Waals surface area contributed by atoms with E-state index in [4.69, 9.17) is 0 Å². The van der Waals surface area contributed by atoms with Gasteiger partial charge in [0.2, 0.25) is 0 Å². The van der Waals surface area contributed by atoms with Crippen molar-refractivity contribution in [3.8, 4) is 0 Å². The van der Waals surface area contributed by atoms with Gasteiger partial charge in [-0.25, -0.2) is 9.97 Å². The van der Waals surface area contributed by atoms with Gasteiger partial charge in [-0.3, -0.25) is 4.55 Å². The number of likely N-dealkylation sites (N-methyl/N-ethyl adjacent to an activating group) is 1. The maximum Gasteiger partial charge on any atom is 0.335 e. The van der Waals surface area contributed by atoms with Gasteiger partial charge < -0.3 is 15.0 Å². The third kappa shape index (κ3) is 3.29. The summed E-state index contributed by atoms with van der Waals surface area (Å²) in [6.07, 6.45) is 5.86. The Kier molecular flexibility index (Phi) is 4.38. The lowest BCUT2D eigenvalue weighted by atomic mass is 10.2. The van der Waals surface area contributed by atoms with Crippen LogP contribution in [0, 0.1) is 5.92 Å². The van der Waals surface area contributed by atoms with Crippen molar-refractivity contribution in [3.05, 3.63) is 18.6 Å². The Hall–Kier alpha value is -1.75. The van der Waals surface area contributed by atoms with Gasteiger partial charge in [0, 0.05) is 25.8 Å². The van der Waals surface area contributed by atoms with Crippen molar-refractivity contribution in [2.45, 2.75) is 43.9 Å². The van der Waals surface area contributed by atoms with Gasteiger partial charge in [0.15, 0.2) is 0 Å². The molecule has 4 rings (SSSR count). The number of fused-ring (bicyclic) bond motifs is 1. The van der Waals surface area contributed by atoms with Crippen molar-refractivity contribution >= 4 is 27.2 Å². The fraction of sp³-hybridized carbons (Fsp3) is 0.625. The van der Waals surface area contributed by atoms with Gasteiger partial charge in [0.05, 0.1) is 17.5 Å². The first-order chi connectivity index (χ1) is 12.3. The van der Waals surface area contributed by atoms with Gasteiger partial charge >= 0.3 is 10.3 Å². The third-order valence-corrected chi connectivity index (χ3v) is 6.46. The van der Waals surface area contributed by atoms with Gasteiger partial charge in [-0.15, -0.1) is 0 Å². The summed E-state index contributed by atoms with van der Waals surface area (Å²) in [5, 5.41) is 14.6. The zero-order valence-corrected chi connectivity index (χ0v) is 15.3. The molecule has 26 heavy (non-hydrogen) atoms. The highest BCUT2D eigenvalue weighted by Crippen LogP contribution is 2.37. The van der Waals surface area contributed by atoms with Crippen LogP contribution < -0.4 is 5.32 Å². The van der Waals surface area contributed by atoms with Crippen LogP contribution in [0.5, 0.6) is 0 Å². The SMILES string of the molecule is CN([C@H]1C[C@@H](n2ccc3c(NCC4CC4)ncnc32)C[C@@H]1O)S(=O)(=O)O. The summed E-state index contributed by atoms with van der Waals surface area (Å²) in [5.74, 6) is 1.52. The van der Waals surface area contributed by atoms with Crippen LogP contribution in [0.1, 0.15) is 31.7 Å². The van der Waals surface area contributed by atoms with Gasteiger partial charge in [-0.2, -0.15) is 12.7 Å². The van der Waals surface area contributed by atoms with Gasteiger partial charge in [0.1, 0.15) is 17.8 Å². The Morgan fingerprint density at radius 1 is 1.35 bits per heavy atom. The number of aromatic nitrogens is 3. The summed E-state index contributed by atoms with van der Waals surface area (Å²) >= 11 is 0. The number of aliphatic hydroxyl groups excluding tert-OH is 1. The molecule has 0 bridgehead atoms. The van der Waals surface area contributed by atoms with Crippen molar-refractivity contribution in [2.75, 3.05) is 18.9 Å². The first-order valence-electron chi connectivity index (χ1n) is 8.78. The van der Waals surface area contributed by atoms with E-state index in [1.807, 2.05) is 16.8 Å². The highest BCUT2D eigenvalue weighted by atomic mass is 32.2. The number of aliphatic hydroxyl groups is 1. The molecule has 0 unspecified atom stereocenters. The van der Waals surface area contributed by atoms with E-state index >= 15 is 0 Å². The van der Waals surface area contributed by atoms with Crippen molar-refractivity contribution in [2.24, 2.45) is 5.92 Å². The summed E-state index contributed by atoms with van der Waals surface area (Å²) in [6, 6.07) is 1.17. The van der Waals surface area contributed by atoms with Crippen LogP contribution in [-0.2, 0) is 10.3 Å². The summed E-state index contributed by atoms with van der Waals surface area (Å²) in [7, 11) is -3.06. The molecule has 2 fully saturated rings. The lowest BCUT2D eigenvalue weighted by molar-refractivity contribution is 0.117. The summed E-state index contributed by atoms with van der Waals surface area (Å²) in [4.78, 5) is 8.71. The van der Waals surface area contributed by atoms with Crippen LogP contribution in [0.4, 0.5) is 5.82 Å². The molecule has 2 heterocycles. The standard InChI is InChI=1S/C16H23N5O4S/c1-20(26(23,24)25)13-6-11(7-14(13)22)21-5-4-12-15(17-8-10-2-3-10)18-9-19-16(12)21/h4-5,9-11,13-14,22H,2-3,6-8H2,1H3,(H,17,18,19)(H,23,24,25)/t11-,13+,14+/m1/s1. The van der Waals surface area contributed by atoms with Crippen LogP contribution in [0.25, 0.3) is 11.0 Å². The van der Waals surface area contributed by atoms with Crippen molar-refractivity contribution in [1.82, 2.24) is 18.8 Å². The Bertz CT molecular complexity index is 911. The molecule has 3 atom stereocenters. The van der Waals surface area contributed by atoms with Crippen molar-refractivity contribution in [3.63, 3.8) is 0 Å². The average Bonchev–Trinajstić information content (AvgIpc) is 3.19. The number of nitrogens with one attached hydrogen (secondary N) is 1. The van der Waals surface area contributed by atoms with Crippen molar-refractivity contribution < 1.29 is 18.1 Å². The van der Waals surface area contributed by atoms with E-state index in [2.05, 4.69) is 15.3 Å². The number of rotatable bonds is 6. The minimum atomic E-state index is -4.34. The monoisotopic (exact) mass is 381 g/mol. The van der Waals surface area contributed by atoms with Crippen LogP contribution >= 0.6 is 0 Å². The van der Waals surface area contributed by atoms with Crippen LogP contribution in [0.3, 0.4) is 0 Å². The molecule has 0 aliphatic heterocycles.